The van der Waals surface area contributed by atoms with E-state index in [-0.39, 0.29) is 23.3 Å². The van der Waals surface area contributed by atoms with Crippen LogP contribution in [0.15, 0.2) is 5.11 Å². The van der Waals surface area contributed by atoms with Crippen LogP contribution in [0, 0.1) is 0 Å². The molecule has 0 bridgehead atoms. The van der Waals surface area contributed by atoms with Crippen LogP contribution in [0.4, 0.5) is 0 Å². The number of rotatable bonds is 8. The number of aliphatic hydroxyl groups excluding tert-OH is 1. The van der Waals surface area contributed by atoms with Gasteiger partial charge < -0.3 is 28.2 Å². The number of aliphatic hydroxyl groups is 1. The summed E-state index contributed by atoms with van der Waals surface area (Å²) in [5, 5.41) is 15.0. The van der Waals surface area contributed by atoms with Gasteiger partial charge in [0.2, 0.25) is 0 Å². The van der Waals surface area contributed by atoms with Crippen LogP contribution in [0.25, 0.3) is 10.4 Å². The van der Waals surface area contributed by atoms with E-state index in [1.165, 1.54) is 0 Å². The van der Waals surface area contributed by atoms with Crippen LogP contribution in [0.1, 0.15) is 55.4 Å². The predicted molar refractivity (Wildman–Crippen MR) is 133 cm³/mol. The zero-order valence-electron chi connectivity index (χ0n) is 22.6. The maximum atomic E-state index is 11.1. The highest BCUT2D eigenvalue weighted by Crippen LogP contribution is 2.49. The second kappa shape index (κ2) is 9.18. The minimum atomic E-state index is -2.14. The molecular formula is C22H45N3O6Si2. The van der Waals surface area contributed by atoms with Crippen molar-refractivity contribution in [2.24, 2.45) is 5.11 Å². The fraction of sp³-hybridized carbons (Fsp3) is 1.00. The number of hydrogen-bond acceptors (Lipinski definition) is 7. The lowest BCUT2D eigenvalue weighted by molar-refractivity contribution is -0.253. The van der Waals surface area contributed by atoms with Gasteiger partial charge in [0.05, 0.1) is 12.6 Å². The normalized spacial score (nSPS) is 31.2. The smallest absolute Gasteiger partial charge is 0.192 e. The Balaban J connectivity index is 2.33. The van der Waals surface area contributed by atoms with Crippen molar-refractivity contribution in [2.45, 2.75) is 128 Å². The highest BCUT2D eigenvalue weighted by molar-refractivity contribution is 6.74. The first-order chi connectivity index (χ1) is 14.7. The van der Waals surface area contributed by atoms with E-state index in [2.05, 4.69) is 77.8 Å². The molecule has 192 valence electrons. The van der Waals surface area contributed by atoms with E-state index >= 15 is 0 Å². The van der Waals surface area contributed by atoms with Gasteiger partial charge >= 0.3 is 0 Å². The lowest BCUT2D eigenvalue weighted by Gasteiger charge is -2.40. The quantitative estimate of drug-likeness (QED) is 0.207. The first-order valence-electron chi connectivity index (χ1n) is 11.7. The maximum absolute atomic E-state index is 11.1. The highest BCUT2D eigenvalue weighted by Gasteiger charge is 2.67. The SMILES string of the molecule is CC1(C)O[C@H]2[C@@H]([C@H](CO[Si](C)(C)C(C)(C)C)N=[N+]=[N-])OC(O)[C@@]2(CO[Si](C)(C)C(C)(C)C)O1. The summed E-state index contributed by atoms with van der Waals surface area (Å²) in [4.78, 5) is 3.04. The Morgan fingerprint density at radius 3 is 2.03 bits per heavy atom. The summed E-state index contributed by atoms with van der Waals surface area (Å²) < 4.78 is 31.3. The molecule has 0 radical (unpaired) electrons. The van der Waals surface area contributed by atoms with Crippen LogP contribution >= 0.6 is 0 Å². The number of hydrogen-bond donors (Lipinski definition) is 1. The number of ether oxygens (including phenoxy) is 3. The van der Waals surface area contributed by atoms with E-state index in [4.69, 9.17) is 23.1 Å². The number of nitrogens with zero attached hydrogens (tertiary/aromatic N) is 3. The second-order valence-electron chi connectivity index (χ2n) is 12.8. The maximum Gasteiger partial charge on any atom is 0.192 e. The summed E-state index contributed by atoms with van der Waals surface area (Å²) in [6, 6.07) is -0.684. The minimum Gasteiger partial charge on any atom is -0.416 e. The number of azide groups is 1. The van der Waals surface area contributed by atoms with Crippen molar-refractivity contribution in [3.05, 3.63) is 10.4 Å². The molecule has 5 atom stereocenters. The molecule has 33 heavy (non-hydrogen) atoms. The van der Waals surface area contributed by atoms with Gasteiger partial charge in [0, 0.05) is 11.5 Å². The molecule has 11 heteroatoms. The second-order valence-corrected chi connectivity index (χ2v) is 22.5. The molecule has 2 heterocycles. The topological polar surface area (TPSA) is 115 Å². The highest BCUT2D eigenvalue weighted by atomic mass is 28.4. The van der Waals surface area contributed by atoms with Crippen molar-refractivity contribution in [3.8, 4) is 0 Å². The predicted octanol–water partition coefficient (Wildman–Crippen LogP) is 5.32. The molecule has 0 aromatic rings. The summed E-state index contributed by atoms with van der Waals surface area (Å²) in [5.41, 5.74) is 8.05. The van der Waals surface area contributed by atoms with Gasteiger partial charge in [-0.25, -0.2) is 0 Å². The van der Waals surface area contributed by atoms with E-state index in [9.17, 15) is 10.6 Å². The van der Waals surface area contributed by atoms with Gasteiger partial charge in [-0.15, -0.1) is 0 Å². The molecule has 2 rings (SSSR count). The molecule has 2 aliphatic rings. The Bertz CT molecular complexity index is 758. The van der Waals surface area contributed by atoms with E-state index in [1.807, 2.05) is 0 Å². The molecule has 9 nitrogen and oxygen atoms in total. The summed E-state index contributed by atoms with van der Waals surface area (Å²) >= 11 is 0. The third kappa shape index (κ3) is 5.84. The van der Waals surface area contributed by atoms with Gasteiger partial charge in [0.1, 0.15) is 12.2 Å². The fourth-order valence-corrected chi connectivity index (χ4v) is 5.61. The van der Waals surface area contributed by atoms with E-state index in [0.717, 1.165) is 0 Å². The average molecular weight is 504 g/mol. The van der Waals surface area contributed by atoms with Gasteiger partial charge in [-0.3, -0.25) is 0 Å². The van der Waals surface area contributed by atoms with Gasteiger partial charge in [0.15, 0.2) is 34.3 Å². The Kier molecular flexibility index (Phi) is 8.00. The Labute approximate surface area is 201 Å². The first kappa shape index (κ1) is 28.7. The average Bonchev–Trinajstić information content (AvgIpc) is 3.04. The molecule has 0 aliphatic carbocycles. The Hall–Kier alpha value is -0.496. The largest absolute Gasteiger partial charge is 0.416 e. The molecule has 2 aliphatic heterocycles. The van der Waals surface area contributed by atoms with Crippen molar-refractivity contribution in [1.29, 1.82) is 0 Å². The molecule has 2 fully saturated rings. The molecular weight excluding hydrogens is 458 g/mol. The van der Waals surface area contributed by atoms with Crippen LogP contribution in [-0.2, 0) is 23.1 Å². The van der Waals surface area contributed by atoms with Gasteiger partial charge in [-0.05, 0) is 55.6 Å². The van der Waals surface area contributed by atoms with Crippen molar-refractivity contribution in [2.75, 3.05) is 13.2 Å². The van der Waals surface area contributed by atoms with E-state index < -0.39 is 52.6 Å². The first-order valence-corrected chi connectivity index (χ1v) is 17.5. The monoisotopic (exact) mass is 503 g/mol. The Morgan fingerprint density at radius 2 is 1.55 bits per heavy atom. The van der Waals surface area contributed by atoms with Crippen LogP contribution in [-0.4, -0.2) is 70.9 Å². The van der Waals surface area contributed by atoms with Crippen molar-refractivity contribution in [3.63, 3.8) is 0 Å². The summed E-state index contributed by atoms with van der Waals surface area (Å²) in [7, 11) is -4.24. The number of fused-ring (bicyclic) bond motifs is 1. The van der Waals surface area contributed by atoms with E-state index in [1.54, 1.807) is 13.8 Å². The summed E-state index contributed by atoms with van der Waals surface area (Å²) in [5.74, 6) is -0.953. The van der Waals surface area contributed by atoms with Crippen molar-refractivity contribution >= 4 is 16.6 Å². The molecule has 0 spiro atoms. The molecule has 1 unspecified atom stereocenters. The van der Waals surface area contributed by atoms with Crippen LogP contribution in [0.5, 0.6) is 0 Å². The molecule has 0 saturated carbocycles. The van der Waals surface area contributed by atoms with Gasteiger partial charge in [0.25, 0.3) is 0 Å². The third-order valence-corrected chi connectivity index (χ3v) is 16.8. The Morgan fingerprint density at radius 1 is 1.03 bits per heavy atom. The zero-order valence-corrected chi connectivity index (χ0v) is 24.6. The van der Waals surface area contributed by atoms with Gasteiger partial charge in [-0.1, -0.05) is 46.7 Å². The standard InChI is InChI=1S/C22H45N3O6Si2/c1-19(2,3)32(9,10)27-13-15(24-25-23)16-17-22(18(26)29-16,31-21(7,8)30-17)14-28-33(11,12)20(4,5)6/h15-18,26H,13-14H2,1-12H3/t15-,16+,17-,18?,22-/m0/s1. The van der Waals surface area contributed by atoms with E-state index in [0.29, 0.717) is 0 Å². The molecule has 0 amide bonds. The lowest BCUT2D eigenvalue weighted by atomic mass is 9.93. The summed E-state index contributed by atoms with van der Waals surface area (Å²) in [6.45, 7) is 25.4. The van der Waals surface area contributed by atoms with Crippen molar-refractivity contribution in [1.82, 2.24) is 0 Å². The molecule has 0 aromatic heterocycles. The van der Waals surface area contributed by atoms with Crippen LogP contribution < -0.4 is 0 Å². The van der Waals surface area contributed by atoms with Gasteiger partial charge in [-0.2, -0.15) is 0 Å². The fourth-order valence-electron chi connectivity index (χ4n) is 3.57. The lowest BCUT2D eigenvalue weighted by Crippen LogP contribution is -2.55. The third-order valence-electron chi connectivity index (χ3n) is 7.80. The van der Waals surface area contributed by atoms with Crippen LogP contribution in [0.2, 0.25) is 36.3 Å². The molecule has 0 aromatic carbocycles. The molecule has 2 saturated heterocycles. The van der Waals surface area contributed by atoms with Crippen molar-refractivity contribution < 1.29 is 28.2 Å². The zero-order chi connectivity index (χ0) is 25.7. The molecule has 1 N–H and O–H groups in total. The van der Waals surface area contributed by atoms with Crippen LogP contribution in [0.3, 0.4) is 0 Å². The summed E-state index contributed by atoms with van der Waals surface area (Å²) in [6.07, 6.45) is -2.69. The minimum absolute atomic E-state index is 0.000318.